The lowest BCUT2D eigenvalue weighted by Crippen LogP contribution is -2.37. The minimum absolute atomic E-state index is 0.0711. The van der Waals surface area contributed by atoms with Crippen molar-refractivity contribution < 1.29 is 18.3 Å². The maximum absolute atomic E-state index is 13.0. The Morgan fingerprint density at radius 1 is 1.23 bits per heavy atom. The highest BCUT2D eigenvalue weighted by Crippen LogP contribution is 2.45. The fourth-order valence-corrected chi connectivity index (χ4v) is 5.99. The van der Waals surface area contributed by atoms with Gasteiger partial charge in [0, 0.05) is 18.3 Å². The molecule has 0 spiro atoms. The highest BCUT2D eigenvalue weighted by atomic mass is 32.2. The number of benzene rings is 2. The average molecular weight is 444 g/mol. The Kier molecular flexibility index (Phi) is 5.57. The smallest absolute Gasteiger partial charge is 0.335 e. The topological polar surface area (TPSA) is 98.7 Å². The Morgan fingerprint density at radius 2 is 2.00 bits per heavy atom. The molecule has 2 aliphatic rings. The maximum Gasteiger partial charge on any atom is 0.335 e. The Morgan fingerprint density at radius 3 is 2.68 bits per heavy atom. The van der Waals surface area contributed by atoms with Gasteiger partial charge in [-0.15, -0.1) is 0 Å². The van der Waals surface area contributed by atoms with Crippen LogP contribution in [0.25, 0.3) is 0 Å². The second-order valence-electron chi connectivity index (χ2n) is 9.36. The summed E-state index contributed by atoms with van der Waals surface area (Å²) in [5.41, 5.74) is 2.76. The van der Waals surface area contributed by atoms with E-state index < -0.39 is 16.0 Å². The molecule has 0 amide bonds. The molecule has 4 rings (SSSR count). The number of nitrogens with one attached hydrogen (secondary N) is 2. The zero-order chi connectivity index (χ0) is 22.4. The second kappa shape index (κ2) is 7.93. The van der Waals surface area contributed by atoms with Crippen LogP contribution in [-0.2, 0) is 16.4 Å². The number of hydrogen-bond acceptors (Lipinski definition) is 5. The minimum Gasteiger partial charge on any atom is -0.478 e. The quantitative estimate of drug-likeness (QED) is 0.657. The van der Waals surface area contributed by atoms with Crippen molar-refractivity contribution in [3.8, 4) is 0 Å². The Hall–Kier alpha value is -2.42. The number of nitrogens with zero attached hydrogens (tertiary/aromatic N) is 1. The van der Waals surface area contributed by atoms with E-state index in [2.05, 4.69) is 28.8 Å². The van der Waals surface area contributed by atoms with Gasteiger partial charge in [0.05, 0.1) is 16.5 Å². The third-order valence-electron chi connectivity index (χ3n) is 6.29. The molecule has 166 valence electrons. The number of carbonyl (C=O) groups is 1. The highest BCUT2D eigenvalue weighted by Gasteiger charge is 2.37. The van der Waals surface area contributed by atoms with Crippen molar-refractivity contribution in [3.63, 3.8) is 0 Å². The first kappa shape index (κ1) is 21.8. The largest absolute Gasteiger partial charge is 0.478 e. The van der Waals surface area contributed by atoms with Gasteiger partial charge < -0.3 is 15.3 Å². The molecule has 0 saturated carbocycles. The summed E-state index contributed by atoms with van der Waals surface area (Å²) in [6.07, 6.45) is 1.49. The number of hydrogen-bond donors (Lipinski definition) is 3. The molecule has 0 bridgehead atoms. The molecule has 2 aromatic rings. The van der Waals surface area contributed by atoms with Crippen LogP contribution in [0.2, 0.25) is 0 Å². The summed E-state index contributed by atoms with van der Waals surface area (Å²) < 4.78 is 28.8. The van der Waals surface area contributed by atoms with E-state index in [0.29, 0.717) is 13.0 Å². The van der Waals surface area contributed by atoms with Crippen LogP contribution < -0.4 is 10.0 Å². The molecule has 3 N–H and O–H groups in total. The lowest BCUT2D eigenvalue weighted by atomic mass is 9.73. The third kappa shape index (κ3) is 4.46. The number of fused-ring (bicyclic) bond motifs is 1. The van der Waals surface area contributed by atoms with E-state index in [4.69, 9.17) is 0 Å². The van der Waals surface area contributed by atoms with Gasteiger partial charge in [0.1, 0.15) is 0 Å². The number of likely N-dealkylation sites (tertiary alicyclic amines) is 1. The van der Waals surface area contributed by atoms with Crippen LogP contribution in [0, 0.1) is 5.41 Å². The molecule has 1 saturated heterocycles. The van der Waals surface area contributed by atoms with Gasteiger partial charge in [-0.2, -0.15) is 0 Å². The summed E-state index contributed by atoms with van der Waals surface area (Å²) in [6, 6.07) is 12.0. The van der Waals surface area contributed by atoms with Gasteiger partial charge in [-0.1, -0.05) is 26.0 Å². The number of likely N-dealkylation sites (N-methyl/N-ethyl adjacent to an activating group) is 1. The minimum atomic E-state index is -3.61. The Balaban J connectivity index is 1.62. The molecule has 0 radical (unpaired) electrons. The molecular formula is C23H29N3O4S. The van der Waals surface area contributed by atoms with Gasteiger partial charge in [0.15, 0.2) is 0 Å². The first-order chi connectivity index (χ1) is 14.5. The molecule has 2 heterocycles. The van der Waals surface area contributed by atoms with Crippen LogP contribution in [0.5, 0.6) is 0 Å². The normalized spacial score (nSPS) is 23.2. The standard InChI is InChI=1S/C23H29N3O4S/c1-23(2)13-17-11-16(22(27)28)7-8-20(17)24-21(23)15-5-4-6-19(12-15)31(29,30)25-18-9-10-26(3)14-18/h4-8,11-12,18,21,24-25H,9-10,13-14H2,1-3H3,(H,27,28). The average Bonchev–Trinajstić information content (AvgIpc) is 3.10. The summed E-state index contributed by atoms with van der Waals surface area (Å²) in [6.45, 7) is 5.81. The molecule has 2 unspecified atom stereocenters. The summed E-state index contributed by atoms with van der Waals surface area (Å²) >= 11 is 0. The summed E-state index contributed by atoms with van der Waals surface area (Å²) in [7, 11) is -1.62. The number of aromatic carboxylic acids is 1. The Bertz CT molecular complexity index is 1110. The van der Waals surface area contributed by atoms with E-state index >= 15 is 0 Å². The van der Waals surface area contributed by atoms with Crippen molar-refractivity contribution in [3.05, 3.63) is 59.2 Å². The summed E-state index contributed by atoms with van der Waals surface area (Å²) in [4.78, 5) is 13.7. The van der Waals surface area contributed by atoms with Crippen molar-refractivity contribution in [2.24, 2.45) is 5.41 Å². The first-order valence-corrected chi connectivity index (χ1v) is 12.0. The van der Waals surface area contributed by atoms with Crippen molar-refractivity contribution >= 4 is 21.7 Å². The van der Waals surface area contributed by atoms with Gasteiger partial charge in [0.2, 0.25) is 10.0 Å². The van der Waals surface area contributed by atoms with Crippen molar-refractivity contribution in [1.82, 2.24) is 9.62 Å². The molecule has 1 fully saturated rings. The number of carboxylic acids is 1. The Labute approximate surface area is 183 Å². The zero-order valence-corrected chi connectivity index (χ0v) is 18.9. The van der Waals surface area contributed by atoms with Gasteiger partial charge in [0.25, 0.3) is 0 Å². The molecule has 2 atom stereocenters. The van der Waals surface area contributed by atoms with Crippen LogP contribution in [-0.4, -0.2) is 50.6 Å². The third-order valence-corrected chi connectivity index (χ3v) is 7.81. The van der Waals surface area contributed by atoms with Crippen molar-refractivity contribution in [1.29, 1.82) is 0 Å². The van der Waals surface area contributed by atoms with Crippen LogP contribution in [0.1, 0.15) is 47.8 Å². The number of anilines is 1. The second-order valence-corrected chi connectivity index (χ2v) is 11.1. The van der Waals surface area contributed by atoms with Crippen LogP contribution in [0.15, 0.2) is 47.4 Å². The number of rotatable bonds is 5. The van der Waals surface area contributed by atoms with Gasteiger partial charge in [-0.3, -0.25) is 0 Å². The van der Waals surface area contributed by atoms with Crippen LogP contribution in [0.3, 0.4) is 0 Å². The predicted molar refractivity (Wildman–Crippen MR) is 120 cm³/mol. The van der Waals surface area contributed by atoms with Crippen molar-refractivity contribution in [2.45, 2.75) is 43.7 Å². The fraction of sp³-hybridized carbons (Fsp3) is 0.435. The van der Waals surface area contributed by atoms with Crippen LogP contribution >= 0.6 is 0 Å². The van der Waals surface area contributed by atoms with E-state index in [1.807, 2.05) is 13.1 Å². The number of carboxylic acid groups (broad SMARTS) is 1. The monoisotopic (exact) mass is 443 g/mol. The molecule has 0 aromatic heterocycles. The zero-order valence-electron chi connectivity index (χ0n) is 18.1. The van der Waals surface area contributed by atoms with E-state index in [0.717, 1.165) is 29.8 Å². The summed E-state index contributed by atoms with van der Waals surface area (Å²) in [5, 5.41) is 12.8. The van der Waals surface area contributed by atoms with Gasteiger partial charge >= 0.3 is 5.97 Å². The van der Waals surface area contributed by atoms with Crippen LogP contribution in [0.4, 0.5) is 5.69 Å². The van der Waals surface area contributed by atoms with E-state index in [1.165, 1.54) is 0 Å². The maximum atomic E-state index is 13.0. The van der Waals surface area contributed by atoms with E-state index in [9.17, 15) is 18.3 Å². The fourth-order valence-electron chi connectivity index (χ4n) is 4.67. The summed E-state index contributed by atoms with van der Waals surface area (Å²) in [5.74, 6) is -0.943. The lowest BCUT2D eigenvalue weighted by molar-refractivity contribution is 0.0696. The number of sulfonamides is 1. The predicted octanol–water partition coefficient (Wildman–Crippen LogP) is 3.10. The molecule has 2 aromatic carbocycles. The van der Waals surface area contributed by atoms with Crippen molar-refractivity contribution in [2.75, 3.05) is 25.5 Å². The van der Waals surface area contributed by atoms with E-state index in [-0.39, 0.29) is 28.0 Å². The van der Waals surface area contributed by atoms with Gasteiger partial charge in [-0.25, -0.2) is 17.9 Å². The van der Waals surface area contributed by atoms with Gasteiger partial charge in [-0.05, 0) is 73.3 Å². The SMILES string of the molecule is CN1CCC(NS(=O)(=O)c2cccc(C3Nc4ccc(C(=O)O)cc4CC3(C)C)c2)C1. The molecule has 0 aliphatic carbocycles. The van der Waals surface area contributed by atoms with E-state index in [1.54, 1.807) is 36.4 Å². The molecule has 8 heteroatoms. The molecular weight excluding hydrogens is 414 g/mol. The highest BCUT2D eigenvalue weighted by molar-refractivity contribution is 7.89. The lowest BCUT2D eigenvalue weighted by Gasteiger charge is -2.41. The molecule has 2 aliphatic heterocycles. The molecule has 31 heavy (non-hydrogen) atoms. The molecule has 7 nitrogen and oxygen atoms in total. The first-order valence-electron chi connectivity index (χ1n) is 10.5.